The number of amides is 2. The van der Waals surface area contributed by atoms with Gasteiger partial charge in [0.25, 0.3) is 0 Å². The van der Waals surface area contributed by atoms with E-state index in [9.17, 15) is 9.90 Å². The molecular weight excluding hydrogens is 288 g/mol. The maximum atomic E-state index is 12.1. The second-order valence-corrected chi connectivity index (χ2v) is 5.77. The first-order valence-corrected chi connectivity index (χ1v) is 7.88. The van der Waals surface area contributed by atoms with E-state index in [1.54, 1.807) is 0 Å². The van der Waals surface area contributed by atoms with Crippen LogP contribution < -0.4 is 10.6 Å². The Kier molecular flexibility index (Phi) is 6.18. The van der Waals surface area contributed by atoms with Gasteiger partial charge in [0.1, 0.15) is 0 Å². The monoisotopic (exact) mass is 312 g/mol. The Morgan fingerprint density at radius 1 is 1.13 bits per heavy atom. The molecule has 1 atom stereocenters. The smallest absolute Gasteiger partial charge is 0.319 e. The molecule has 2 aromatic carbocycles. The zero-order valence-electron chi connectivity index (χ0n) is 13.7. The van der Waals surface area contributed by atoms with E-state index >= 15 is 0 Å². The zero-order chi connectivity index (χ0) is 16.7. The van der Waals surface area contributed by atoms with Crippen LogP contribution in [0, 0.1) is 13.8 Å². The molecular formula is C19H24N2O2. The molecule has 2 aromatic rings. The van der Waals surface area contributed by atoms with E-state index in [1.807, 2.05) is 62.4 Å². The number of nitrogens with one attached hydrogen (secondary N) is 2. The molecule has 3 N–H and O–H groups in total. The number of carbonyl (C=O) groups excluding carboxylic acids is 1. The van der Waals surface area contributed by atoms with Gasteiger partial charge in [0.2, 0.25) is 0 Å². The molecule has 0 fully saturated rings. The van der Waals surface area contributed by atoms with Gasteiger partial charge < -0.3 is 15.7 Å². The number of anilines is 1. The zero-order valence-corrected chi connectivity index (χ0v) is 13.7. The Balaban J connectivity index is 1.95. The number of rotatable bonds is 6. The van der Waals surface area contributed by atoms with Gasteiger partial charge in [-0.1, -0.05) is 42.5 Å². The lowest BCUT2D eigenvalue weighted by atomic mass is 9.96. The number of hydrogen-bond donors (Lipinski definition) is 3. The first-order chi connectivity index (χ1) is 11.1. The third-order valence-electron chi connectivity index (χ3n) is 3.90. The van der Waals surface area contributed by atoms with Crippen molar-refractivity contribution in [2.45, 2.75) is 26.2 Å². The van der Waals surface area contributed by atoms with E-state index < -0.39 is 0 Å². The normalized spacial score (nSPS) is 11.8. The van der Waals surface area contributed by atoms with Crippen LogP contribution in [-0.4, -0.2) is 24.3 Å². The van der Waals surface area contributed by atoms with Gasteiger partial charge in [-0.3, -0.25) is 0 Å². The summed E-state index contributed by atoms with van der Waals surface area (Å²) in [6, 6.07) is 15.7. The van der Waals surface area contributed by atoms with E-state index in [0.717, 1.165) is 22.4 Å². The fraction of sp³-hybridized carbons (Fsp3) is 0.316. The quantitative estimate of drug-likeness (QED) is 0.763. The van der Waals surface area contributed by atoms with Crippen LogP contribution in [0.15, 0.2) is 48.5 Å². The van der Waals surface area contributed by atoms with Crippen LogP contribution in [0.4, 0.5) is 10.5 Å². The first kappa shape index (κ1) is 17.0. The minimum absolute atomic E-state index is 0.0971. The van der Waals surface area contributed by atoms with E-state index in [2.05, 4.69) is 10.6 Å². The molecule has 2 amide bonds. The fourth-order valence-corrected chi connectivity index (χ4v) is 2.52. The van der Waals surface area contributed by atoms with Crippen molar-refractivity contribution in [3.8, 4) is 0 Å². The van der Waals surface area contributed by atoms with Crippen molar-refractivity contribution >= 4 is 11.7 Å². The van der Waals surface area contributed by atoms with Crippen molar-refractivity contribution in [3.63, 3.8) is 0 Å². The maximum absolute atomic E-state index is 12.1. The standard InChI is InChI=1S/C19H24N2O2/c1-14-8-9-15(2)18(12-14)21-19(23)20-13-17(10-11-22)16-6-4-3-5-7-16/h3-9,12,17,22H,10-11,13H2,1-2H3,(H2,20,21,23). The molecule has 0 radical (unpaired) electrons. The summed E-state index contributed by atoms with van der Waals surface area (Å²) in [5.74, 6) is 0.102. The summed E-state index contributed by atoms with van der Waals surface area (Å²) >= 11 is 0. The van der Waals surface area contributed by atoms with Gasteiger partial charge in [-0.15, -0.1) is 0 Å². The van der Waals surface area contributed by atoms with Crippen molar-refractivity contribution in [3.05, 3.63) is 65.2 Å². The van der Waals surface area contributed by atoms with Gasteiger partial charge in [0, 0.05) is 24.8 Å². The topological polar surface area (TPSA) is 61.4 Å². The SMILES string of the molecule is Cc1ccc(C)c(NC(=O)NCC(CCO)c2ccccc2)c1. The molecule has 4 heteroatoms. The van der Waals surface area contributed by atoms with Gasteiger partial charge in [-0.25, -0.2) is 4.79 Å². The number of aliphatic hydroxyl groups is 1. The number of aryl methyl sites for hydroxylation is 2. The Labute approximate surface area is 137 Å². The van der Waals surface area contributed by atoms with Crippen LogP contribution >= 0.6 is 0 Å². The van der Waals surface area contributed by atoms with Gasteiger partial charge in [0.15, 0.2) is 0 Å². The summed E-state index contributed by atoms with van der Waals surface area (Å²) in [7, 11) is 0. The van der Waals surface area contributed by atoms with Gasteiger partial charge in [-0.05, 0) is 43.0 Å². The predicted octanol–water partition coefficient (Wildman–Crippen LogP) is 3.59. The Morgan fingerprint density at radius 2 is 1.87 bits per heavy atom. The van der Waals surface area contributed by atoms with Crippen molar-refractivity contribution in [2.75, 3.05) is 18.5 Å². The van der Waals surface area contributed by atoms with Crippen LogP contribution in [0.1, 0.15) is 29.0 Å². The van der Waals surface area contributed by atoms with Crippen LogP contribution in [0.25, 0.3) is 0 Å². The van der Waals surface area contributed by atoms with Crippen molar-refractivity contribution in [2.24, 2.45) is 0 Å². The highest BCUT2D eigenvalue weighted by Gasteiger charge is 2.12. The van der Waals surface area contributed by atoms with Crippen LogP contribution in [0.2, 0.25) is 0 Å². The molecule has 0 aromatic heterocycles. The summed E-state index contributed by atoms with van der Waals surface area (Å²) in [4.78, 5) is 12.1. The molecule has 23 heavy (non-hydrogen) atoms. The molecule has 0 aliphatic rings. The van der Waals surface area contributed by atoms with E-state index in [1.165, 1.54) is 0 Å². The number of benzene rings is 2. The molecule has 0 bridgehead atoms. The summed E-state index contributed by atoms with van der Waals surface area (Å²) in [6.45, 7) is 4.55. The molecule has 0 aliphatic heterocycles. The fourth-order valence-electron chi connectivity index (χ4n) is 2.52. The third-order valence-corrected chi connectivity index (χ3v) is 3.90. The van der Waals surface area contributed by atoms with Crippen LogP contribution in [-0.2, 0) is 0 Å². The first-order valence-electron chi connectivity index (χ1n) is 7.88. The average Bonchev–Trinajstić information content (AvgIpc) is 2.55. The van der Waals surface area contributed by atoms with Crippen molar-refractivity contribution < 1.29 is 9.90 Å². The van der Waals surface area contributed by atoms with Crippen molar-refractivity contribution in [1.82, 2.24) is 5.32 Å². The van der Waals surface area contributed by atoms with Crippen LogP contribution in [0.5, 0.6) is 0 Å². The predicted molar refractivity (Wildman–Crippen MR) is 93.8 cm³/mol. The third kappa shape index (κ3) is 5.11. The number of urea groups is 1. The molecule has 4 nitrogen and oxygen atoms in total. The highest BCUT2D eigenvalue weighted by molar-refractivity contribution is 5.90. The summed E-state index contributed by atoms with van der Waals surface area (Å²) < 4.78 is 0. The maximum Gasteiger partial charge on any atom is 0.319 e. The van der Waals surface area contributed by atoms with Gasteiger partial charge in [-0.2, -0.15) is 0 Å². The summed E-state index contributed by atoms with van der Waals surface area (Å²) in [5, 5.41) is 15.0. The van der Waals surface area contributed by atoms with E-state index in [-0.39, 0.29) is 18.6 Å². The lowest BCUT2D eigenvalue weighted by Crippen LogP contribution is -2.33. The second kappa shape index (κ2) is 8.34. The largest absolute Gasteiger partial charge is 0.396 e. The average molecular weight is 312 g/mol. The lowest BCUT2D eigenvalue weighted by molar-refractivity contribution is 0.248. The van der Waals surface area contributed by atoms with Gasteiger partial charge >= 0.3 is 6.03 Å². The highest BCUT2D eigenvalue weighted by atomic mass is 16.3. The summed E-state index contributed by atoms with van der Waals surface area (Å²) in [5.41, 5.74) is 4.07. The molecule has 0 spiro atoms. The molecule has 1 unspecified atom stereocenters. The minimum atomic E-state index is -0.224. The van der Waals surface area contributed by atoms with Gasteiger partial charge in [0.05, 0.1) is 0 Å². The van der Waals surface area contributed by atoms with E-state index in [0.29, 0.717) is 13.0 Å². The van der Waals surface area contributed by atoms with Crippen molar-refractivity contribution in [1.29, 1.82) is 0 Å². The lowest BCUT2D eigenvalue weighted by Gasteiger charge is -2.18. The molecule has 122 valence electrons. The van der Waals surface area contributed by atoms with Crippen LogP contribution in [0.3, 0.4) is 0 Å². The molecule has 2 rings (SSSR count). The minimum Gasteiger partial charge on any atom is -0.396 e. The summed E-state index contributed by atoms with van der Waals surface area (Å²) in [6.07, 6.45) is 0.619. The Morgan fingerprint density at radius 3 is 2.57 bits per heavy atom. The van der Waals surface area contributed by atoms with E-state index in [4.69, 9.17) is 0 Å². The number of aliphatic hydroxyl groups excluding tert-OH is 1. The number of carbonyl (C=O) groups is 1. The molecule has 0 heterocycles. The number of hydrogen-bond acceptors (Lipinski definition) is 2. The second-order valence-electron chi connectivity index (χ2n) is 5.77. The molecule has 0 saturated carbocycles. The Bertz CT molecular complexity index is 641. The molecule has 0 aliphatic carbocycles. The Hall–Kier alpha value is -2.33. The molecule has 0 saturated heterocycles. The highest BCUT2D eigenvalue weighted by Crippen LogP contribution is 2.19.